The summed E-state index contributed by atoms with van der Waals surface area (Å²) in [6.07, 6.45) is 0. The van der Waals surface area contributed by atoms with Crippen LogP contribution in [0.4, 0.5) is 0 Å². The zero-order valence-electron chi connectivity index (χ0n) is 17.8. The molecule has 0 spiro atoms. The summed E-state index contributed by atoms with van der Waals surface area (Å²) < 4.78 is 14.3. The van der Waals surface area contributed by atoms with Crippen LogP contribution >= 0.6 is 11.8 Å². The van der Waals surface area contributed by atoms with Gasteiger partial charge >= 0.3 is 11.9 Å². The van der Waals surface area contributed by atoms with Crippen molar-refractivity contribution in [2.24, 2.45) is 5.92 Å². The molecule has 0 unspecified atom stereocenters. The summed E-state index contributed by atoms with van der Waals surface area (Å²) in [5, 5.41) is 15.2. The van der Waals surface area contributed by atoms with Gasteiger partial charge in [-0.25, -0.2) is 4.79 Å². The van der Waals surface area contributed by atoms with Crippen molar-refractivity contribution in [3.8, 4) is 6.07 Å². The van der Waals surface area contributed by atoms with Gasteiger partial charge in [0.05, 0.1) is 48.8 Å². The molecule has 32 heavy (non-hydrogen) atoms. The largest absolute Gasteiger partial charge is 0.468 e. The molecule has 0 fully saturated rings. The van der Waals surface area contributed by atoms with Gasteiger partial charge in [0.2, 0.25) is 11.8 Å². The lowest BCUT2D eigenvalue weighted by atomic mass is 9.78. The van der Waals surface area contributed by atoms with Gasteiger partial charge in [0.25, 0.3) is 0 Å². The summed E-state index contributed by atoms with van der Waals surface area (Å²) in [4.78, 5) is 48.9. The number of allylic oxidation sites excluding steroid dienone is 1. The van der Waals surface area contributed by atoms with Crippen LogP contribution in [-0.4, -0.2) is 64.0 Å². The quantitative estimate of drug-likeness (QED) is 0.308. The first-order valence-corrected chi connectivity index (χ1v) is 10.5. The van der Waals surface area contributed by atoms with E-state index in [1.165, 1.54) is 26.4 Å². The molecule has 11 heteroatoms. The molecule has 10 nitrogen and oxygen atoms in total. The summed E-state index contributed by atoms with van der Waals surface area (Å²) in [6.45, 7) is 0.676. The first kappa shape index (κ1) is 24.9. The average molecular weight is 461 g/mol. The fraction of sp³-hybridized carbons (Fsp3) is 0.381. The van der Waals surface area contributed by atoms with Crippen molar-refractivity contribution in [2.45, 2.75) is 5.92 Å². The molecule has 2 N–H and O–H groups in total. The second kappa shape index (κ2) is 11.9. The van der Waals surface area contributed by atoms with Crippen LogP contribution in [-0.2, 0) is 28.6 Å². The number of esters is 2. The zero-order chi connectivity index (χ0) is 23.7. The predicted octanol–water partition coefficient (Wildman–Crippen LogP) is 0.707. The molecule has 0 saturated heterocycles. The van der Waals surface area contributed by atoms with E-state index in [0.717, 1.165) is 18.9 Å². The monoisotopic (exact) mass is 461 g/mol. The second-order valence-electron chi connectivity index (χ2n) is 6.57. The number of nitrogens with one attached hydrogen (secondary N) is 2. The molecule has 2 atom stereocenters. The number of hydrogen-bond donors (Lipinski definition) is 2. The third kappa shape index (κ3) is 5.87. The van der Waals surface area contributed by atoms with Gasteiger partial charge in [-0.2, -0.15) is 5.26 Å². The van der Waals surface area contributed by atoms with E-state index in [-0.39, 0.29) is 27.8 Å². The SMILES string of the molecule is COCCNC(=O)CSC1=C(C#N)[C@H](c2ccc(C(=O)OC)cc2)[C@@H](C(=O)OC)C(=O)N1. The van der Waals surface area contributed by atoms with Gasteiger partial charge in [-0.3, -0.25) is 14.4 Å². The molecule has 1 aliphatic rings. The Morgan fingerprint density at radius 3 is 2.41 bits per heavy atom. The minimum Gasteiger partial charge on any atom is -0.468 e. The summed E-state index contributed by atoms with van der Waals surface area (Å²) in [6, 6.07) is 8.10. The highest BCUT2D eigenvalue weighted by molar-refractivity contribution is 8.03. The molecular weight excluding hydrogens is 438 g/mol. The molecule has 1 aliphatic heterocycles. The Labute approximate surface area is 189 Å². The van der Waals surface area contributed by atoms with Crippen LogP contribution in [0.15, 0.2) is 34.9 Å². The average Bonchev–Trinajstić information content (AvgIpc) is 2.81. The minimum atomic E-state index is -1.31. The maximum Gasteiger partial charge on any atom is 0.337 e. The molecule has 1 heterocycles. The number of nitriles is 1. The number of nitrogens with zero attached hydrogens (tertiary/aromatic N) is 1. The van der Waals surface area contributed by atoms with E-state index in [9.17, 15) is 24.4 Å². The fourth-order valence-electron chi connectivity index (χ4n) is 3.11. The smallest absolute Gasteiger partial charge is 0.337 e. The predicted molar refractivity (Wildman–Crippen MR) is 114 cm³/mol. The summed E-state index contributed by atoms with van der Waals surface area (Å²) in [5.41, 5.74) is 0.846. The van der Waals surface area contributed by atoms with Crippen LogP contribution in [0.5, 0.6) is 0 Å². The van der Waals surface area contributed by atoms with Crippen molar-refractivity contribution in [2.75, 3.05) is 40.2 Å². The lowest BCUT2D eigenvalue weighted by Crippen LogP contribution is -2.44. The third-order valence-electron chi connectivity index (χ3n) is 4.65. The lowest BCUT2D eigenvalue weighted by Gasteiger charge is -2.31. The molecule has 0 radical (unpaired) electrons. The van der Waals surface area contributed by atoms with Crippen LogP contribution in [0, 0.1) is 17.2 Å². The number of benzene rings is 1. The number of hydrogen-bond acceptors (Lipinski definition) is 9. The molecule has 2 amide bonds. The Morgan fingerprint density at radius 2 is 1.84 bits per heavy atom. The number of rotatable bonds is 9. The van der Waals surface area contributed by atoms with Crippen LogP contribution in [0.2, 0.25) is 0 Å². The van der Waals surface area contributed by atoms with E-state index in [4.69, 9.17) is 9.47 Å². The lowest BCUT2D eigenvalue weighted by molar-refractivity contribution is -0.150. The number of amides is 2. The topological polar surface area (TPSA) is 144 Å². The van der Waals surface area contributed by atoms with Crippen LogP contribution in [0.3, 0.4) is 0 Å². The van der Waals surface area contributed by atoms with E-state index in [2.05, 4.69) is 15.4 Å². The number of carbonyl (C=O) groups is 4. The summed E-state index contributed by atoms with van der Waals surface area (Å²) in [7, 11) is 3.91. The minimum absolute atomic E-state index is 0.0542. The molecule has 0 bridgehead atoms. The number of methoxy groups -OCH3 is 3. The van der Waals surface area contributed by atoms with Crippen molar-refractivity contribution in [3.05, 3.63) is 46.0 Å². The van der Waals surface area contributed by atoms with E-state index in [1.54, 1.807) is 12.1 Å². The van der Waals surface area contributed by atoms with Crippen molar-refractivity contribution >= 4 is 35.5 Å². The van der Waals surface area contributed by atoms with Gasteiger partial charge in [-0.15, -0.1) is 0 Å². The molecule has 2 rings (SSSR count). The van der Waals surface area contributed by atoms with Gasteiger partial charge < -0.3 is 24.8 Å². The molecule has 1 aromatic rings. The number of ether oxygens (including phenoxy) is 3. The molecule has 170 valence electrons. The highest BCUT2D eigenvalue weighted by Gasteiger charge is 2.44. The Bertz CT molecular complexity index is 953. The molecule has 0 aliphatic carbocycles. The Hall–Kier alpha value is -3.36. The summed E-state index contributed by atoms with van der Waals surface area (Å²) in [5.74, 6) is -4.62. The van der Waals surface area contributed by atoms with Gasteiger partial charge in [-0.05, 0) is 17.7 Å². The summed E-state index contributed by atoms with van der Waals surface area (Å²) >= 11 is 0.977. The van der Waals surface area contributed by atoms with E-state index >= 15 is 0 Å². The molecular formula is C21H23N3O7S. The van der Waals surface area contributed by atoms with E-state index in [0.29, 0.717) is 18.7 Å². The van der Waals surface area contributed by atoms with Crippen LogP contribution in [0.1, 0.15) is 21.8 Å². The van der Waals surface area contributed by atoms with Gasteiger partial charge in [-0.1, -0.05) is 23.9 Å². The number of carbonyl (C=O) groups excluding carboxylic acids is 4. The van der Waals surface area contributed by atoms with Gasteiger partial charge in [0.1, 0.15) is 5.92 Å². The van der Waals surface area contributed by atoms with Crippen molar-refractivity contribution in [1.29, 1.82) is 5.26 Å². The fourth-order valence-corrected chi connectivity index (χ4v) is 3.98. The maximum atomic E-state index is 12.8. The highest BCUT2D eigenvalue weighted by Crippen LogP contribution is 2.40. The standard InChI is InChI=1S/C21H23N3O7S/c1-29-9-8-23-15(25)11-32-19-14(10-22)16(17(18(26)24-19)21(28)31-3)12-4-6-13(7-5-12)20(27)30-2/h4-7,16-17H,8-9,11H2,1-3H3,(H,23,25)(H,24,26)/t16-,17+/m0/s1. The molecule has 1 aromatic carbocycles. The zero-order valence-corrected chi connectivity index (χ0v) is 18.6. The van der Waals surface area contributed by atoms with Crippen molar-refractivity contribution in [3.63, 3.8) is 0 Å². The van der Waals surface area contributed by atoms with Crippen LogP contribution < -0.4 is 10.6 Å². The maximum absolute atomic E-state index is 12.8. The Kier molecular flexibility index (Phi) is 9.24. The van der Waals surface area contributed by atoms with E-state index < -0.39 is 29.7 Å². The highest BCUT2D eigenvalue weighted by atomic mass is 32.2. The van der Waals surface area contributed by atoms with Crippen LogP contribution in [0.25, 0.3) is 0 Å². The van der Waals surface area contributed by atoms with Gasteiger partial charge in [0.15, 0.2) is 0 Å². The first-order valence-electron chi connectivity index (χ1n) is 9.47. The number of thioether (sulfide) groups is 1. The van der Waals surface area contributed by atoms with Crippen molar-refractivity contribution < 1.29 is 33.4 Å². The van der Waals surface area contributed by atoms with Gasteiger partial charge in [0, 0.05) is 19.6 Å². The molecule has 0 saturated carbocycles. The Morgan fingerprint density at radius 1 is 1.16 bits per heavy atom. The van der Waals surface area contributed by atoms with Crippen molar-refractivity contribution in [1.82, 2.24) is 10.6 Å². The van der Waals surface area contributed by atoms with E-state index in [1.807, 2.05) is 6.07 Å². The third-order valence-corrected chi connectivity index (χ3v) is 5.67. The normalized spacial score (nSPS) is 17.8. The Balaban J connectivity index is 2.39. The second-order valence-corrected chi connectivity index (χ2v) is 7.55. The first-order chi connectivity index (χ1) is 15.4. The molecule has 0 aromatic heterocycles.